The minimum Gasteiger partial charge on any atom is -0.465 e. The fourth-order valence-electron chi connectivity index (χ4n) is 1.56. The fourth-order valence-corrected chi connectivity index (χ4v) is 1.91. The van der Waals surface area contributed by atoms with Crippen LogP contribution in [0.5, 0.6) is 0 Å². The Balaban J connectivity index is 2.36. The van der Waals surface area contributed by atoms with E-state index < -0.39 is 16.1 Å². The van der Waals surface area contributed by atoms with Gasteiger partial charge in [-0.1, -0.05) is 0 Å². The summed E-state index contributed by atoms with van der Waals surface area (Å²) in [6.45, 7) is -0.0961. The maximum atomic E-state index is 11.5. The summed E-state index contributed by atoms with van der Waals surface area (Å²) in [5.74, 6) is -0.504. The Hall–Kier alpha value is -1.93. The molecule has 0 atom stereocenters. The Morgan fingerprint density at radius 1 is 1.47 bits per heavy atom. The molecule has 102 valence electrons. The van der Waals surface area contributed by atoms with Crippen LogP contribution < -0.4 is 0 Å². The molecule has 0 aliphatic carbocycles. The highest BCUT2D eigenvalue weighted by Crippen LogP contribution is 2.14. The van der Waals surface area contributed by atoms with Crippen LogP contribution in [-0.2, 0) is 25.6 Å². The number of ether oxygens (including phenoxy) is 1. The number of aromatic nitrogens is 2. The molecule has 0 bridgehead atoms. The minimum atomic E-state index is -3.51. The molecule has 8 heteroatoms. The van der Waals surface area contributed by atoms with Crippen molar-refractivity contribution in [3.05, 3.63) is 35.7 Å². The predicted molar refractivity (Wildman–Crippen MR) is 66.2 cm³/mol. The SMILES string of the molecule is COC(=O)c1cnn2ccc(COS(C)(=O)=O)cc12. The van der Waals surface area contributed by atoms with Crippen LogP contribution in [-0.4, -0.2) is 37.4 Å². The number of nitrogens with zero attached hydrogens (tertiary/aromatic N) is 2. The highest BCUT2D eigenvalue weighted by atomic mass is 32.2. The van der Waals surface area contributed by atoms with Gasteiger partial charge in [0, 0.05) is 6.20 Å². The molecule has 2 aromatic heterocycles. The Labute approximate surface area is 109 Å². The molecule has 2 rings (SSSR count). The van der Waals surface area contributed by atoms with E-state index >= 15 is 0 Å². The van der Waals surface area contributed by atoms with Crippen LogP contribution in [0.15, 0.2) is 24.5 Å². The summed E-state index contributed by atoms with van der Waals surface area (Å²) in [5.41, 5.74) is 1.45. The van der Waals surface area contributed by atoms with Gasteiger partial charge >= 0.3 is 5.97 Å². The van der Waals surface area contributed by atoms with E-state index in [1.165, 1.54) is 17.8 Å². The Bertz CT molecular complexity index is 720. The lowest BCUT2D eigenvalue weighted by Crippen LogP contribution is -2.04. The number of methoxy groups -OCH3 is 1. The van der Waals surface area contributed by atoms with E-state index in [0.29, 0.717) is 16.6 Å². The van der Waals surface area contributed by atoms with Crippen LogP contribution >= 0.6 is 0 Å². The van der Waals surface area contributed by atoms with Crippen LogP contribution in [0, 0.1) is 0 Å². The molecule has 2 heterocycles. The first kappa shape index (κ1) is 13.5. The molecule has 0 radical (unpaired) electrons. The van der Waals surface area contributed by atoms with Gasteiger partial charge in [-0.05, 0) is 17.7 Å². The molecule has 2 aromatic rings. The van der Waals surface area contributed by atoms with Crippen LogP contribution in [0.4, 0.5) is 0 Å². The first-order chi connectivity index (χ1) is 8.90. The zero-order valence-corrected chi connectivity index (χ0v) is 11.2. The smallest absolute Gasteiger partial charge is 0.341 e. The largest absolute Gasteiger partial charge is 0.465 e. The Kier molecular flexibility index (Phi) is 3.54. The number of esters is 1. The topological polar surface area (TPSA) is 87.0 Å². The number of rotatable bonds is 4. The molecule has 0 aliphatic heterocycles. The van der Waals surface area contributed by atoms with Gasteiger partial charge in [0.2, 0.25) is 0 Å². The van der Waals surface area contributed by atoms with Gasteiger partial charge in [-0.15, -0.1) is 0 Å². The molecular formula is C11H12N2O5S. The van der Waals surface area contributed by atoms with Crippen LogP contribution in [0.2, 0.25) is 0 Å². The molecule has 0 saturated carbocycles. The summed E-state index contributed by atoms with van der Waals surface area (Å²) in [6.07, 6.45) is 3.98. The van der Waals surface area contributed by atoms with Crippen molar-refractivity contribution in [1.29, 1.82) is 0 Å². The number of carbonyl (C=O) groups is 1. The third-order valence-electron chi connectivity index (χ3n) is 2.43. The third-order valence-corrected chi connectivity index (χ3v) is 2.98. The van der Waals surface area contributed by atoms with Crippen LogP contribution in [0.25, 0.3) is 5.52 Å². The molecule has 0 spiro atoms. The second-order valence-electron chi connectivity index (χ2n) is 3.88. The average molecular weight is 284 g/mol. The summed E-state index contributed by atoms with van der Waals surface area (Å²) < 4.78 is 32.7. The number of pyridine rings is 1. The van der Waals surface area contributed by atoms with Gasteiger partial charge in [-0.25, -0.2) is 9.31 Å². The quantitative estimate of drug-likeness (QED) is 0.603. The van der Waals surface area contributed by atoms with E-state index in [1.807, 2.05) is 0 Å². The first-order valence-electron chi connectivity index (χ1n) is 5.30. The normalized spacial score (nSPS) is 11.7. The molecule has 0 aliphatic rings. The van der Waals surface area contributed by atoms with Gasteiger partial charge in [0.15, 0.2) is 0 Å². The first-order valence-corrected chi connectivity index (χ1v) is 7.11. The van der Waals surface area contributed by atoms with E-state index in [-0.39, 0.29) is 6.61 Å². The maximum Gasteiger partial charge on any atom is 0.341 e. The van der Waals surface area contributed by atoms with Crippen LogP contribution in [0.3, 0.4) is 0 Å². The van der Waals surface area contributed by atoms with Crippen molar-refractivity contribution in [3.8, 4) is 0 Å². The van der Waals surface area contributed by atoms with Crippen molar-refractivity contribution >= 4 is 21.6 Å². The lowest BCUT2D eigenvalue weighted by molar-refractivity contribution is 0.0603. The van der Waals surface area contributed by atoms with Crippen molar-refractivity contribution in [3.63, 3.8) is 0 Å². The Morgan fingerprint density at radius 3 is 2.84 bits per heavy atom. The molecule has 7 nitrogen and oxygen atoms in total. The van der Waals surface area contributed by atoms with E-state index in [2.05, 4.69) is 9.84 Å². The molecule has 0 aromatic carbocycles. The number of fused-ring (bicyclic) bond motifs is 1. The van der Waals surface area contributed by atoms with E-state index in [4.69, 9.17) is 4.18 Å². The number of carbonyl (C=O) groups excluding carboxylic acids is 1. The molecule has 0 amide bonds. The number of hydrogen-bond donors (Lipinski definition) is 0. The molecule has 0 N–H and O–H groups in total. The summed E-state index contributed by atoms with van der Waals surface area (Å²) in [7, 11) is -2.23. The second-order valence-corrected chi connectivity index (χ2v) is 5.52. The molecule has 0 fully saturated rings. The maximum absolute atomic E-state index is 11.5. The van der Waals surface area contributed by atoms with Gasteiger partial charge in [-0.3, -0.25) is 4.18 Å². The standard InChI is InChI=1S/C11H12N2O5S/c1-17-11(14)9-6-12-13-4-3-8(5-10(9)13)7-18-19(2,15)16/h3-6H,7H2,1-2H3. The lowest BCUT2D eigenvalue weighted by Gasteiger charge is -2.03. The third kappa shape index (κ3) is 3.09. The fraction of sp³-hybridized carbons (Fsp3) is 0.273. The molecule has 0 unspecified atom stereocenters. The highest BCUT2D eigenvalue weighted by molar-refractivity contribution is 7.85. The summed E-state index contributed by atoms with van der Waals surface area (Å²) >= 11 is 0. The monoisotopic (exact) mass is 284 g/mol. The number of hydrogen-bond acceptors (Lipinski definition) is 6. The molecular weight excluding hydrogens is 272 g/mol. The van der Waals surface area contributed by atoms with Gasteiger partial charge < -0.3 is 4.74 Å². The summed E-state index contributed by atoms with van der Waals surface area (Å²) in [4.78, 5) is 11.5. The van der Waals surface area contributed by atoms with Crippen molar-refractivity contribution < 1.29 is 22.1 Å². The van der Waals surface area contributed by atoms with Crippen molar-refractivity contribution in [2.75, 3.05) is 13.4 Å². The lowest BCUT2D eigenvalue weighted by atomic mass is 10.2. The molecule has 19 heavy (non-hydrogen) atoms. The Morgan fingerprint density at radius 2 is 2.21 bits per heavy atom. The second kappa shape index (κ2) is 4.98. The van der Waals surface area contributed by atoms with E-state index in [0.717, 1.165) is 6.26 Å². The van der Waals surface area contributed by atoms with Gasteiger partial charge in [0.1, 0.15) is 5.56 Å². The van der Waals surface area contributed by atoms with Crippen molar-refractivity contribution in [1.82, 2.24) is 9.61 Å². The van der Waals surface area contributed by atoms with Crippen molar-refractivity contribution in [2.45, 2.75) is 6.61 Å². The predicted octanol–water partition coefficient (Wildman–Crippen LogP) is 0.597. The van der Waals surface area contributed by atoms with Crippen molar-refractivity contribution in [2.24, 2.45) is 0 Å². The van der Waals surface area contributed by atoms with E-state index in [1.54, 1.807) is 18.3 Å². The minimum absolute atomic E-state index is 0.0961. The van der Waals surface area contributed by atoms with E-state index in [9.17, 15) is 13.2 Å². The van der Waals surface area contributed by atoms with Gasteiger partial charge in [0.05, 0.1) is 31.7 Å². The zero-order chi connectivity index (χ0) is 14.0. The average Bonchev–Trinajstić information content (AvgIpc) is 2.77. The summed E-state index contributed by atoms with van der Waals surface area (Å²) in [6, 6.07) is 3.29. The molecule has 0 saturated heterocycles. The van der Waals surface area contributed by atoms with Crippen LogP contribution in [0.1, 0.15) is 15.9 Å². The van der Waals surface area contributed by atoms with Gasteiger partial charge in [0.25, 0.3) is 10.1 Å². The summed E-state index contributed by atoms with van der Waals surface area (Å²) in [5, 5.41) is 3.99. The van der Waals surface area contributed by atoms with Gasteiger partial charge in [-0.2, -0.15) is 13.5 Å². The zero-order valence-electron chi connectivity index (χ0n) is 10.4. The highest BCUT2D eigenvalue weighted by Gasteiger charge is 2.13.